The molecule has 0 fully saturated rings. The van der Waals surface area contributed by atoms with Gasteiger partial charge in [0.1, 0.15) is 20.4 Å². The predicted molar refractivity (Wildman–Crippen MR) is 115 cm³/mol. The van der Waals surface area contributed by atoms with Gasteiger partial charge in [-0.1, -0.05) is 0 Å². The highest BCUT2D eigenvalue weighted by Gasteiger charge is 2.24. The van der Waals surface area contributed by atoms with Crippen molar-refractivity contribution < 1.29 is 28.4 Å². The lowest BCUT2D eigenvalue weighted by Gasteiger charge is -2.20. The second kappa shape index (κ2) is 13.8. The molecule has 0 rings (SSSR count). The van der Waals surface area contributed by atoms with E-state index in [9.17, 15) is 14.4 Å². The molecule has 0 saturated heterocycles. The zero-order chi connectivity index (χ0) is 21.7. The fourth-order valence-electron chi connectivity index (χ4n) is 2.15. The molecular weight excluding hydrogens is 382 g/mol. The molecule has 0 aliphatic rings. The van der Waals surface area contributed by atoms with E-state index < -0.39 is 16.9 Å². The highest BCUT2D eigenvalue weighted by atomic mass is 32.2. The van der Waals surface area contributed by atoms with Gasteiger partial charge in [-0.2, -0.15) is 15.5 Å². The van der Waals surface area contributed by atoms with E-state index in [0.29, 0.717) is 19.8 Å². The highest BCUT2D eigenvalue weighted by molar-refractivity contribution is 8.28. The van der Waals surface area contributed by atoms with Gasteiger partial charge in [0, 0.05) is 12.1 Å². The molecule has 0 aliphatic carbocycles. The molecule has 0 heterocycles. The zero-order valence-electron chi connectivity index (χ0n) is 18.2. The second-order valence-corrected chi connectivity index (χ2v) is 10.1. The number of thiol groups is 1. The summed E-state index contributed by atoms with van der Waals surface area (Å²) in [5, 5.41) is 5.94. The molecule has 0 bridgehead atoms. The number of hydrogen-bond donors (Lipinski definition) is 3. The number of carbonyl (C=O) groups is 3. The van der Waals surface area contributed by atoms with Crippen molar-refractivity contribution in [2.24, 2.45) is 0 Å². The van der Waals surface area contributed by atoms with Crippen LogP contribution in [0.1, 0.15) is 33.6 Å². The first-order valence-corrected chi connectivity index (χ1v) is 11.7. The van der Waals surface area contributed by atoms with Gasteiger partial charge in [-0.3, -0.25) is 9.59 Å². The van der Waals surface area contributed by atoms with Crippen molar-refractivity contribution in [3.05, 3.63) is 0 Å². The van der Waals surface area contributed by atoms with Crippen LogP contribution in [-0.4, -0.2) is 92.3 Å². The molecule has 9 heteroatoms. The Balaban J connectivity index is 4.15. The molecule has 0 aromatic carbocycles. The molecule has 0 saturated carbocycles. The van der Waals surface area contributed by atoms with Crippen molar-refractivity contribution in [1.29, 1.82) is 0 Å². The number of ether oxygens (including phenoxy) is 2. The van der Waals surface area contributed by atoms with Crippen LogP contribution >= 0.6 is 10.9 Å². The van der Waals surface area contributed by atoms with Crippen LogP contribution in [0.5, 0.6) is 0 Å². The average Bonchev–Trinajstić information content (AvgIpc) is 2.58. The van der Waals surface area contributed by atoms with E-state index in [1.807, 2.05) is 12.5 Å². The Morgan fingerprint density at radius 3 is 2.25 bits per heavy atom. The van der Waals surface area contributed by atoms with Gasteiger partial charge in [-0.25, -0.2) is 4.79 Å². The summed E-state index contributed by atoms with van der Waals surface area (Å²) in [6.07, 6.45) is 4.06. The van der Waals surface area contributed by atoms with E-state index in [-0.39, 0.29) is 41.9 Å². The summed E-state index contributed by atoms with van der Waals surface area (Å²) < 4.78 is 12.0. The van der Waals surface area contributed by atoms with Crippen molar-refractivity contribution in [2.75, 3.05) is 52.5 Å². The minimum Gasteiger partial charge on any atom is -0.378 e. The SMILES string of the molecule is C=[N+](C)C(=O)CCC(NC(=O)COCCOCCNC(C)(C)C)C(=O)[SH](C)C. The number of hydrogen-bond acceptors (Lipinski definition) is 6. The van der Waals surface area contributed by atoms with Crippen LogP contribution in [0.15, 0.2) is 0 Å². The maximum Gasteiger partial charge on any atom is 0.386 e. The molecule has 1 atom stereocenters. The molecule has 0 spiro atoms. The number of carbonyl (C=O) groups excluding carboxylic acids is 3. The smallest absolute Gasteiger partial charge is 0.378 e. The monoisotopic (exact) mass is 420 g/mol. The van der Waals surface area contributed by atoms with Gasteiger partial charge in [0.15, 0.2) is 5.12 Å². The van der Waals surface area contributed by atoms with Crippen molar-refractivity contribution in [2.45, 2.75) is 45.2 Å². The van der Waals surface area contributed by atoms with E-state index in [0.717, 1.165) is 6.54 Å². The Morgan fingerprint density at radius 1 is 1.11 bits per heavy atom. The van der Waals surface area contributed by atoms with Gasteiger partial charge in [-0.05, 0) is 39.7 Å². The van der Waals surface area contributed by atoms with Gasteiger partial charge < -0.3 is 20.1 Å². The van der Waals surface area contributed by atoms with Gasteiger partial charge in [-0.15, -0.1) is 0 Å². The topological polar surface area (TPSA) is 96.7 Å². The Bertz CT molecular complexity index is 532. The fraction of sp³-hybridized carbons (Fsp3) is 0.789. The Morgan fingerprint density at radius 2 is 1.71 bits per heavy atom. The molecule has 0 radical (unpaired) electrons. The van der Waals surface area contributed by atoms with Crippen molar-refractivity contribution in [3.8, 4) is 0 Å². The molecule has 0 aliphatic heterocycles. The van der Waals surface area contributed by atoms with Gasteiger partial charge >= 0.3 is 5.91 Å². The van der Waals surface area contributed by atoms with Crippen molar-refractivity contribution in [3.63, 3.8) is 0 Å². The summed E-state index contributed by atoms with van der Waals surface area (Å²) in [5.74, 6) is -0.557. The molecule has 2 N–H and O–H groups in total. The van der Waals surface area contributed by atoms with E-state index in [2.05, 4.69) is 38.1 Å². The lowest BCUT2D eigenvalue weighted by Crippen LogP contribution is -2.43. The molecule has 0 aromatic heterocycles. The van der Waals surface area contributed by atoms with Crippen LogP contribution < -0.4 is 10.6 Å². The molecule has 28 heavy (non-hydrogen) atoms. The number of rotatable bonds is 13. The van der Waals surface area contributed by atoms with Crippen molar-refractivity contribution >= 4 is 34.5 Å². The molecule has 1 unspecified atom stereocenters. The quantitative estimate of drug-likeness (QED) is 0.172. The lowest BCUT2D eigenvalue weighted by molar-refractivity contribution is -0.410. The summed E-state index contributed by atoms with van der Waals surface area (Å²) in [7, 11) is 0.683. The number of nitrogens with zero attached hydrogens (tertiary/aromatic N) is 1. The first kappa shape index (κ1) is 26.7. The maximum atomic E-state index is 12.3. The van der Waals surface area contributed by atoms with Crippen molar-refractivity contribution in [1.82, 2.24) is 10.6 Å². The third-order valence-corrected chi connectivity index (χ3v) is 4.85. The van der Waals surface area contributed by atoms with Gasteiger partial charge in [0.05, 0.1) is 32.3 Å². The molecule has 164 valence electrons. The molecule has 2 amide bonds. The third kappa shape index (κ3) is 13.8. The van der Waals surface area contributed by atoms with Crippen LogP contribution in [0.3, 0.4) is 0 Å². The predicted octanol–water partition coefficient (Wildman–Crippen LogP) is 0.330. The van der Waals surface area contributed by atoms with Gasteiger partial charge in [0.25, 0.3) is 0 Å². The third-order valence-electron chi connectivity index (χ3n) is 3.65. The molecule has 0 aromatic rings. The summed E-state index contributed by atoms with van der Waals surface area (Å²) in [4.78, 5) is 36.1. The first-order valence-electron chi connectivity index (χ1n) is 9.42. The minimum atomic E-state index is -0.872. The fourth-order valence-corrected chi connectivity index (χ4v) is 2.96. The van der Waals surface area contributed by atoms with Crippen LogP contribution in [0, 0.1) is 0 Å². The zero-order valence-corrected chi connectivity index (χ0v) is 19.1. The minimum absolute atomic E-state index is 0.0439. The standard InChI is InChI=1S/C19H37N3O5S/c1-19(2,3)20-10-11-26-12-13-27-14-16(23)21-15(18(25)28(6)7)8-9-17(24)22(4)5/h15,20,28H,4,8-14H2,1-3,5-7H3/p+1. The van der Waals surface area contributed by atoms with Crippen LogP contribution in [0.4, 0.5) is 0 Å². The number of amides is 2. The Labute approximate surface area is 171 Å². The van der Waals surface area contributed by atoms with E-state index in [1.165, 1.54) is 4.58 Å². The van der Waals surface area contributed by atoms with Crippen LogP contribution in [-0.2, 0) is 23.9 Å². The maximum absolute atomic E-state index is 12.3. The summed E-state index contributed by atoms with van der Waals surface area (Å²) in [6, 6.07) is -0.680. The Hall–Kier alpha value is -1.29. The second-order valence-electron chi connectivity index (χ2n) is 7.82. The normalized spacial score (nSPS) is 13.0. The molecule has 8 nitrogen and oxygen atoms in total. The summed E-state index contributed by atoms with van der Waals surface area (Å²) in [5.41, 5.74) is 0.0525. The molecular formula is C19H38N3O5S+. The first-order chi connectivity index (χ1) is 12.9. The van der Waals surface area contributed by atoms with E-state index in [1.54, 1.807) is 7.05 Å². The van der Waals surface area contributed by atoms with Crippen LogP contribution in [0.2, 0.25) is 0 Å². The summed E-state index contributed by atoms with van der Waals surface area (Å²) >= 11 is 0. The van der Waals surface area contributed by atoms with Gasteiger partial charge in [0.2, 0.25) is 5.91 Å². The highest BCUT2D eigenvalue weighted by Crippen LogP contribution is 2.19. The largest absolute Gasteiger partial charge is 0.386 e. The van der Waals surface area contributed by atoms with E-state index >= 15 is 0 Å². The summed E-state index contributed by atoms with van der Waals surface area (Å²) in [6.45, 7) is 11.6. The average molecular weight is 421 g/mol. The lowest BCUT2D eigenvalue weighted by atomic mass is 10.1. The Kier molecular flexibility index (Phi) is 13.2. The van der Waals surface area contributed by atoms with E-state index in [4.69, 9.17) is 9.47 Å². The van der Waals surface area contributed by atoms with Crippen LogP contribution in [0.25, 0.3) is 0 Å². The number of nitrogens with one attached hydrogen (secondary N) is 2.